The van der Waals surface area contributed by atoms with Crippen LogP contribution in [0.2, 0.25) is 0 Å². The van der Waals surface area contributed by atoms with Crippen molar-refractivity contribution in [3.8, 4) is 0 Å². The smallest absolute Gasteiger partial charge is 0.306 e. The predicted octanol–water partition coefficient (Wildman–Crippen LogP) is 0.275. The van der Waals surface area contributed by atoms with E-state index in [1.807, 2.05) is 0 Å². The number of carbonyl (C=O) groups excluding carboxylic acids is 1. The van der Waals surface area contributed by atoms with Crippen LogP contribution in [0, 0.1) is 0 Å². The molecule has 1 saturated heterocycles. The molecule has 0 bridgehead atoms. The number of carbonyl (C=O) groups is 1. The number of ether oxygens (including phenoxy) is 2. The zero-order chi connectivity index (χ0) is 15.0. The standard InChI is InChI=1S/C12H24N2O5S/c1-14(9-7-12(15)18-2)20(16,17)13-8-6-11-5-3-4-10-19-11/h11,13H,3-10H2,1-2H3. The Morgan fingerprint density at radius 1 is 1.45 bits per heavy atom. The van der Waals surface area contributed by atoms with Crippen molar-refractivity contribution in [2.24, 2.45) is 0 Å². The van der Waals surface area contributed by atoms with Crippen LogP contribution in [0.5, 0.6) is 0 Å². The van der Waals surface area contributed by atoms with Gasteiger partial charge in [0.25, 0.3) is 10.2 Å². The Morgan fingerprint density at radius 3 is 2.80 bits per heavy atom. The van der Waals surface area contributed by atoms with Crippen LogP contribution in [0.1, 0.15) is 32.1 Å². The second-order valence-electron chi connectivity index (χ2n) is 4.82. The molecular weight excluding hydrogens is 284 g/mol. The molecule has 1 unspecified atom stereocenters. The van der Waals surface area contributed by atoms with E-state index in [4.69, 9.17) is 4.74 Å². The van der Waals surface area contributed by atoms with Crippen LogP contribution in [-0.4, -0.2) is 58.7 Å². The van der Waals surface area contributed by atoms with Crippen molar-refractivity contribution in [2.45, 2.75) is 38.2 Å². The second kappa shape index (κ2) is 8.56. The lowest BCUT2D eigenvalue weighted by atomic mass is 10.1. The third-order valence-electron chi connectivity index (χ3n) is 3.29. The molecule has 0 aromatic carbocycles. The van der Waals surface area contributed by atoms with Gasteiger partial charge >= 0.3 is 5.97 Å². The van der Waals surface area contributed by atoms with Crippen LogP contribution in [0.3, 0.4) is 0 Å². The van der Waals surface area contributed by atoms with Gasteiger partial charge in [-0.2, -0.15) is 12.7 Å². The number of hydrogen-bond acceptors (Lipinski definition) is 5. The first kappa shape index (κ1) is 17.4. The van der Waals surface area contributed by atoms with Crippen LogP contribution >= 0.6 is 0 Å². The number of hydrogen-bond donors (Lipinski definition) is 1. The van der Waals surface area contributed by atoms with Gasteiger partial charge in [0.2, 0.25) is 0 Å². The van der Waals surface area contributed by atoms with Crippen LogP contribution in [-0.2, 0) is 24.5 Å². The lowest BCUT2D eigenvalue weighted by Gasteiger charge is -2.23. The van der Waals surface area contributed by atoms with E-state index in [1.54, 1.807) is 0 Å². The summed E-state index contributed by atoms with van der Waals surface area (Å²) in [5.41, 5.74) is 0. The van der Waals surface area contributed by atoms with Crippen LogP contribution in [0.25, 0.3) is 0 Å². The molecule has 20 heavy (non-hydrogen) atoms. The Kier molecular flexibility index (Phi) is 7.42. The fraction of sp³-hybridized carbons (Fsp3) is 0.917. The van der Waals surface area contributed by atoms with Crippen molar-refractivity contribution in [3.63, 3.8) is 0 Å². The van der Waals surface area contributed by atoms with Crippen molar-refractivity contribution in [3.05, 3.63) is 0 Å². The largest absolute Gasteiger partial charge is 0.469 e. The molecule has 0 aliphatic carbocycles. The SMILES string of the molecule is COC(=O)CCN(C)S(=O)(=O)NCCC1CCCCO1. The first-order valence-corrected chi connectivity index (χ1v) is 8.29. The molecule has 1 atom stereocenters. The van der Waals surface area contributed by atoms with Crippen LogP contribution in [0.15, 0.2) is 0 Å². The highest BCUT2D eigenvalue weighted by Crippen LogP contribution is 2.15. The van der Waals surface area contributed by atoms with Gasteiger partial charge in [0.05, 0.1) is 19.6 Å². The minimum atomic E-state index is -3.54. The topological polar surface area (TPSA) is 84.9 Å². The monoisotopic (exact) mass is 308 g/mol. The van der Waals surface area contributed by atoms with Crippen molar-refractivity contribution in [1.82, 2.24) is 9.03 Å². The fourth-order valence-corrected chi connectivity index (χ4v) is 2.89. The highest BCUT2D eigenvalue weighted by molar-refractivity contribution is 7.87. The van der Waals surface area contributed by atoms with Gasteiger partial charge in [-0.25, -0.2) is 4.72 Å². The maximum atomic E-state index is 11.9. The highest BCUT2D eigenvalue weighted by Gasteiger charge is 2.19. The summed E-state index contributed by atoms with van der Waals surface area (Å²) in [7, 11) is -0.835. The van der Waals surface area contributed by atoms with Gasteiger partial charge in [-0.15, -0.1) is 0 Å². The van der Waals surface area contributed by atoms with Gasteiger partial charge in [0.1, 0.15) is 0 Å². The summed E-state index contributed by atoms with van der Waals surface area (Å²) in [5, 5.41) is 0. The summed E-state index contributed by atoms with van der Waals surface area (Å²) in [6, 6.07) is 0. The van der Waals surface area contributed by atoms with E-state index >= 15 is 0 Å². The average molecular weight is 308 g/mol. The Morgan fingerprint density at radius 2 is 2.20 bits per heavy atom. The summed E-state index contributed by atoms with van der Waals surface area (Å²) in [4.78, 5) is 11.0. The van der Waals surface area contributed by atoms with Gasteiger partial charge in [-0.05, 0) is 25.7 Å². The Bertz CT molecular complexity index is 393. The molecule has 1 aliphatic heterocycles. The van der Waals surface area contributed by atoms with Crippen LogP contribution < -0.4 is 4.72 Å². The predicted molar refractivity (Wildman–Crippen MR) is 74.4 cm³/mol. The lowest BCUT2D eigenvalue weighted by Crippen LogP contribution is -2.40. The first-order chi connectivity index (χ1) is 9.45. The molecule has 1 fully saturated rings. The molecule has 1 rings (SSSR count). The number of rotatable bonds is 8. The van der Waals surface area contributed by atoms with E-state index in [-0.39, 0.29) is 19.1 Å². The quantitative estimate of drug-likeness (QED) is 0.651. The maximum absolute atomic E-state index is 11.9. The summed E-state index contributed by atoms with van der Waals surface area (Å²) < 4.78 is 37.4. The average Bonchev–Trinajstić information content (AvgIpc) is 2.45. The molecular formula is C12H24N2O5S. The van der Waals surface area contributed by atoms with E-state index in [9.17, 15) is 13.2 Å². The molecule has 118 valence electrons. The normalized spacial score (nSPS) is 20.1. The fourth-order valence-electron chi connectivity index (χ4n) is 1.97. The lowest BCUT2D eigenvalue weighted by molar-refractivity contribution is -0.140. The molecule has 0 spiro atoms. The second-order valence-corrected chi connectivity index (χ2v) is 6.69. The third-order valence-corrected chi connectivity index (χ3v) is 4.87. The summed E-state index contributed by atoms with van der Waals surface area (Å²) >= 11 is 0. The molecule has 7 nitrogen and oxygen atoms in total. The molecule has 8 heteroatoms. The molecule has 1 heterocycles. The number of nitrogens with zero attached hydrogens (tertiary/aromatic N) is 1. The van der Waals surface area contributed by atoms with E-state index in [1.165, 1.54) is 14.2 Å². The Balaban J connectivity index is 2.27. The summed E-state index contributed by atoms with van der Waals surface area (Å²) in [5.74, 6) is -0.428. The van der Waals surface area contributed by atoms with Crippen molar-refractivity contribution >= 4 is 16.2 Å². The summed E-state index contributed by atoms with van der Waals surface area (Å²) in [6.45, 7) is 1.20. The minimum absolute atomic E-state index is 0.0413. The molecule has 0 aromatic heterocycles. The van der Waals surface area contributed by atoms with Gasteiger partial charge in [0, 0.05) is 26.7 Å². The van der Waals surface area contributed by atoms with Gasteiger partial charge in [-0.1, -0.05) is 0 Å². The van der Waals surface area contributed by atoms with E-state index in [2.05, 4.69) is 9.46 Å². The van der Waals surface area contributed by atoms with Gasteiger partial charge in [-0.3, -0.25) is 4.79 Å². The number of esters is 1. The molecule has 0 saturated carbocycles. The van der Waals surface area contributed by atoms with E-state index in [0.29, 0.717) is 13.0 Å². The zero-order valence-electron chi connectivity index (χ0n) is 12.1. The van der Waals surface area contributed by atoms with E-state index < -0.39 is 16.2 Å². The Labute approximate surface area is 120 Å². The van der Waals surface area contributed by atoms with Crippen LogP contribution in [0.4, 0.5) is 0 Å². The van der Waals surface area contributed by atoms with E-state index in [0.717, 1.165) is 30.2 Å². The van der Waals surface area contributed by atoms with Crippen molar-refractivity contribution in [2.75, 3.05) is 33.9 Å². The van der Waals surface area contributed by atoms with Crippen molar-refractivity contribution in [1.29, 1.82) is 0 Å². The molecule has 0 amide bonds. The van der Waals surface area contributed by atoms with Crippen molar-refractivity contribution < 1.29 is 22.7 Å². The zero-order valence-corrected chi connectivity index (χ0v) is 12.9. The number of nitrogens with one attached hydrogen (secondary N) is 1. The highest BCUT2D eigenvalue weighted by atomic mass is 32.2. The first-order valence-electron chi connectivity index (χ1n) is 6.85. The molecule has 1 N–H and O–H groups in total. The van der Waals surface area contributed by atoms with Gasteiger partial charge in [0.15, 0.2) is 0 Å². The maximum Gasteiger partial charge on any atom is 0.306 e. The Hall–Kier alpha value is -0.700. The number of methoxy groups -OCH3 is 1. The third kappa shape index (κ3) is 6.17. The summed E-state index contributed by atoms with van der Waals surface area (Å²) in [6.07, 6.45) is 4.06. The molecule has 0 radical (unpaired) electrons. The van der Waals surface area contributed by atoms with Gasteiger partial charge < -0.3 is 9.47 Å². The molecule has 0 aromatic rings. The molecule has 1 aliphatic rings. The minimum Gasteiger partial charge on any atom is -0.469 e.